The van der Waals surface area contributed by atoms with Crippen molar-refractivity contribution in [2.24, 2.45) is 0 Å². The van der Waals surface area contributed by atoms with E-state index in [0.29, 0.717) is 16.7 Å². The van der Waals surface area contributed by atoms with Gasteiger partial charge in [-0.05, 0) is 26.0 Å². The maximum absolute atomic E-state index is 11.3. The zero-order valence-electron chi connectivity index (χ0n) is 11.4. The fourth-order valence-corrected chi connectivity index (χ4v) is 2.53. The highest BCUT2D eigenvalue weighted by molar-refractivity contribution is 7.99. The van der Waals surface area contributed by atoms with Crippen LogP contribution in [0.4, 0.5) is 5.82 Å². The van der Waals surface area contributed by atoms with Crippen molar-refractivity contribution >= 4 is 23.5 Å². The van der Waals surface area contributed by atoms with Gasteiger partial charge in [-0.25, -0.2) is 14.8 Å². The third kappa shape index (κ3) is 3.30. The summed E-state index contributed by atoms with van der Waals surface area (Å²) in [6.07, 6.45) is 0. The van der Waals surface area contributed by atoms with Gasteiger partial charge in [-0.2, -0.15) is 0 Å². The number of thioether (sulfide) groups is 1. The molecule has 106 valence electrons. The average Bonchev–Trinajstić information content (AvgIpc) is 2.86. The number of carbonyl (C=O) groups excluding carboxylic acids is 1. The van der Waals surface area contributed by atoms with Crippen LogP contribution < -0.4 is 5.73 Å². The van der Waals surface area contributed by atoms with E-state index in [1.54, 1.807) is 18.2 Å². The van der Waals surface area contributed by atoms with Gasteiger partial charge in [-0.3, -0.25) is 0 Å². The van der Waals surface area contributed by atoms with Crippen LogP contribution in [0.3, 0.4) is 0 Å². The maximum atomic E-state index is 11.3. The fraction of sp³-hybridized carbons (Fsp3) is 0.308. The molecule has 2 heterocycles. The van der Waals surface area contributed by atoms with Crippen LogP contribution in [0, 0.1) is 6.92 Å². The van der Waals surface area contributed by atoms with E-state index in [4.69, 9.17) is 10.2 Å². The van der Waals surface area contributed by atoms with Gasteiger partial charge in [0.15, 0.2) is 5.16 Å². The minimum absolute atomic E-state index is 0.0467. The number of hydrogen-bond donors (Lipinski definition) is 1. The summed E-state index contributed by atoms with van der Waals surface area (Å²) in [5, 5.41) is 0.528. The Labute approximate surface area is 120 Å². The molecule has 0 amide bonds. The zero-order chi connectivity index (χ0) is 14.7. The number of aromatic nitrogens is 2. The van der Waals surface area contributed by atoms with E-state index in [1.807, 2.05) is 13.8 Å². The van der Waals surface area contributed by atoms with Gasteiger partial charge in [-0.15, -0.1) is 0 Å². The first-order chi connectivity index (χ1) is 9.49. The van der Waals surface area contributed by atoms with Crippen molar-refractivity contribution in [1.82, 2.24) is 9.97 Å². The molecule has 20 heavy (non-hydrogen) atoms. The van der Waals surface area contributed by atoms with E-state index in [-0.39, 0.29) is 11.0 Å². The van der Waals surface area contributed by atoms with Gasteiger partial charge in [0.2, 0.25) is 5.76 Å². The summed E-state index contributed by atoms with van der Waals surface area (Å²) in [5.41, 5.74) is 6.49. The van der Waals surface area contributed by atoms with Crippen molar-refractivity contribution in [2.75, 3.05) is 12.8 Å². The molecule has 0 aromatic carbocycles. The highest BCUT2D eigenvalue weighted by Crippen LogP contribution is 2.34. The third-order valence-corrected chi connectivity index (χ3v) is 3.53. The first-order valence-corrected chi connectivity index (χ1v) is 6.83. The van der Waals surface area contributed by atoms with Crippen molar-refractivity contribution in [3.8, 4) is 0 Å². The second kappa shape index (κ2) is 5.96. The smallest absolute Gasteiger partial charge is 0.373 e. The Bertz CT molecular complexity index is 607. The van der Waals surface area contributed by atoms with Crippen molar-refractivity contribution < 1.29 is 13.9 Å². The molecule has 0 saturated carbocycles. The molecule has 1 atom stereocenters. The number of nitrogens with two attached hydrogens (primary N) is 1. The minimum atomic E-state index is -0.496. The molecular weight excluding hydrogens is 278 g/mol. The molecule has 0 radical (unpaired) electrons. The number of methoxy groups -OCH3 is 1. The van der Waals surface area contributed by atoms with Gasteiger partial charge in [-0.1, -0.05) is 11.8 Å². The van der Waals surface area contributed by atoms with Crippen LogP contribution in [0.25, 0.3) is 0 Å². The molecule has 1 unspecified atom stereocenters. The largest absolute Gasteiger partial charge is 0.463 e. The highest BCUT2D eigenvalue weighted by atomic mass is 32.2. The van der Waals surface area contributed by atoms with E-state index >= 15 is 0 Å². The lowest BCUT2D eigenvalue weighted by Crippen LogP contribution is -1.99. The molecule has 0 fully saturated rings. The molecule has 0 spiro atoms. The van der Waals surface area contributed by atoms with E-state index in [2.05, 4.69) is 14.7 Å². The normalized spacial score (nSPS) is 12.2. The Kier molecular flexibility index (Phi) is 4.29. The second-order valence-corrected chi connectivity index (χ2v) is 5.48. The summed E-state index contributed by atoms with van der Waals surface area (Å²) in [4.78, 5) is 19.8. The molecule has 0 aliphatic rings. The molecule has 2 N–H and O–H groups in total. The minimum Gasteiger partial charge on any atom is -0.463 e. The van der Waals surface area contributed by atoms with Crippen LogP contribution in [0.1, 0.15) is 34.2 Å². The Balaban J connectivity index is 2.13. The first-order valence-electron chi connectivity index (χ1n) is 5.95. The summed E-state index contributed by atoms with van der Waals surface area (Å²) >= 11 is 1.41. The van der Waals surface area contributed by atoms with Gasteiger partial charge >= 0.3 is 5.97 Å². The molecule has 0 bridgehead atoms. The number of aryl methyl sites for hydroxylation is 1. The van der Waals surface area contributed by atoms with Crippen LogP contribution in [0.2, 0.25) is 0 Å². The summed E-state index contributed by atoms with van der Waals surface area (Å²) < 4.78 is 10.0. The zero-order valence-corrected chi connectivity index (χ0v) is 12.2. The molecule has 0 saturated heterocycles. The lowest BCUT2D eigenvalue weighted by Gasteiger charge is -2.08. The lowest BCUT2D eigenvalue weighted by atomic mass is 10.3. The number of ether oxygens (including phenoxy) is 1. The maximum Gasteiger partial charge on any atom is 0.373 e. The van der Waals surface area contributed by atoms with E-state index in [1.165, 1.54) is 18.9 Å². The molecule has 2 aromatic rings. The molecule has 2 rings (SSSR count). The van der Waals surface area contributed by atoms with Gasteiger partial charge < -0.3 is 14.9 Å². The van der Waals surface area contributed by atoms with E-state index in [9.17, 15) is 4.79 Å². The molecule has 6 nitrogen and oxygen atoms in total. The number of esters is 1. The van der Waals surface area contributed by atoms with Gasteiger partial charge in [0, 0.05) is 11.8 Å². The number of anilines is 1. The first kappa shape index (κ1) is 14.4. The van der Waals surface area contributed by atoms with E-state index < -0.39 is 5.97 Å². The Morgan fingerprint density at radius 2 is 2.20 bits per heavy atom. The number of hydrogen-bond acceptors (Lipinski definition) is 7. The van der Waals surface area contributed by atoms with Crippen molar-refractivity contribution in [3.05, 3.63) is 35.4 Å². The molecule has 0 aliphatic heterocycles. The topological polar surface area (TPSA) is 91.2 Å². The standard InChI is InChI=1S/C13H15N3O3S/c1-7-6-11(14)16-13(15-7)20-8(2)9-4-5-10(19-9)12(17)18-3/h4-6,8H,1-3H3,(H2,14,15,16). The number of furan rings is 1. The van der Waals surface area contributed by atoms with Crippen molar-refractivity contribution in [2.45, 2.75) is 24.3 Å². The Morgan fingerprint density at radius 1 is 1.45 bits per heavy atom. The van der Waals surface area contributed by atoms with Gasteiger partial charge in [0.05, 0.1) is 12.4 Å². The quantitative estimate of drug-likeness (QED) is 0.526. The van der Waals surface area contributed by atoms with Gasteiger partial charge in [0.25, 0.3) is 0 Å². The van der Waals surface area contributed by atoms with Crippen LogP contribution >= 0.6 is 11.8 Å². The lowest BCUT2D eigenvalue weighted by molar-refractivity contribution is 0.0563. The van der Waals surface area contributed by atoms with Crippen LogP contribution in [0.5, 0.6) is 0 Å². The molecule has 2 aromatic heterocycles. The Morgan fingerprint density at radius 3 is 2.85 bits per heavy atom. The summed E-state index contributed by atoms with van der Waals surface area (Å²) in [7, 11) is 1.31. The fourth-order valence-electron chi connectivity index (χ4n) is 1.62. The van der Waals surface area contributed by atoms with Crippen LogP contribution in [-0.4, -0.2) is 23.0 Å². The predicted octanol–water partition coefficient (Wildman–Crippen LogP) is 2.60. The highest BCUT2D eigenvalue weighted by Gasteiger charge is 2.17. The predicted molar refractivity (Wildman–Crippen MR) is 75.5 cm³/mol. The molecule has 0 aliphatic carbocycles. The van der Waals surface area contributed by atoms with Gasteiger partial charge in [0.1, 0.15) is 11.6 Å². The van der Waals surface area contributed by atoms with Crippen molar-refractivity contribution in [1.29, 1.82) is 0 Å². The summed E-state index contributed by atoms with van der Waals surface area (Å²) in [6, 6.07) is 5.03. The molecular formula is C13H15N3O3S. The number of carbonyl (C=O) groups is 1. The van der Waals surface area contributed by atoms with E-state index in [0.717, 1.165) is 5.69 Å². The number of rotatable bonds is 4. The number of nitrogen functional groups attached to an aromatic ring is 1. The van der Waals surface area contributed by atoms with Crippen LogP contribution in [0.15, 0.2) is 27.8 Å². The van der Waals surface area contributed by atoms with Crippen molar-refractivity contribution in [3.63, 3.8) is 0 Å². The Hall–Kier alpha value is -2.02. The number of nitrogens with zero attached hydrogens (tertiary/aromatic N) is 2. The molecule has 7 heteroatoms. The SMILES string of the molecule is COC(=O)c1ccc(C(C)Sc2nc(C)cc(N)n2)o1. The monoisotopic (exact) mass is 293 g/mol. The summed E-state index contributed by atoms with van der Waals surface area (Å²) in [6.45, 7) is 3.79. The average molecular weight is 293 g/mol. The summed E-state index contributed by atoms with van der Waals surface area (Å²) in [5.74, 6) is 0.769. The second-order valence-electron chi connectivity index (χ2n) is 4.17. The van der Waals surface area contributed by atoms with Crippen LogP contribution in [-0.2, 0) is 4.74 Å². The third-order valence-electron chi connectivity index (χ3n) is 2.55.